The standard InChI is InChI=1S/C23H42N2O/c1-5-6-13-24(4)20-9-14-25(15-10-20)21-16-23(17-21)11-7-19(8-12-23)22(26)18(2)3/h18-21H,5-17H2,1-4H3. The van der Waals surface area contributed by atoms with E-state index in [4.69, 9.17) is 0 Å². The second-order valence-electron chi connectivity index (χ2n) is 9.99. The van der Waals surface area contributed by atoms with E-state index in [0.717, 1.165) is 24.9 Å². The molecule has 0 atom stereocenters. The molecule has 0 N–H and O–H groups in total. The summed E-state index contributed by atoms with van der Waals surface area (Å²) in [5, 5.41) is 0. The minimum absolute atomic E-state index is 0.222. The van der Waals surface area contributed by atoms with Gasteiger partial charge in [0.05, 0.1) is 0 Å². The van der Waals surface area contributed by atoms with E-state index in [9.17, 15) is 4.79 Å². The maximum atomic E-state index is 12.3. The highest BCUT2D eigenvalue weighted by Gasteiger charge is 2.49. The van der Waals surface area contributed by atoms with E-state index in [1.54, 1.807) is 0 Å². The third kappa shape index (κ3) is 4.52. The summed E-state index contributed by atoms with van der Waals surface area (Å²) in [6.45, 7) is 10.3. The van der Waals surface area contributed by atoms with Crippen LogP contribution in [0.4, 0.5) is 0 Å². The summed E-state index contributed by atoms with van der Waals surface area (Å²) in [6.07, 6.45) is 13.1. The van der Waals surface area contributed by atoms with Gasteiger partial charge in [-0.05, 0) is 89.9 Å². The van der Waals surface area contributed by atoms with Gasteiger partial charge in [-0.3, -0.25) is 4.79 Å². The quantitative estimate of drug-likeness (QED) is 0.653. The fourth-order valence-electron chi connectivity index (χ4n) is 5.87. The van der Waals surface area contributed by atoms with E-state index in [1.807, 2.05) is 0 Å². The van der Waals surface area contributed by atoms with E-state index < -0.39 is 0 Å². The molecule has 3 nitrogen and oxygen atoms in total. The van der Waals surface area contributed by atoms with Crippen molar-refractivity contribution < 1.29 is 4.79 Å². The largest absolute Gasteiger partial charge is 0.303 e. The van der Waals surface area contributed by atoms with Crippen molar-refractivity contribution >= 4 is 5.78 Å². The molecule has 0 aromatic rings. The molecule has 3 heteroatoms. The molecule has 3 rings (SSSR count). The number of unbranched alkanes of at least 4 members (excludes halogenated alkanes) is 1. The van der Waals surface area contributed by atoms with E-state index in [0.29, 0.717) is 17.1 Å². The van der Waals surface area contributed by atoms with Crippen LogP contribution in [0.5, 0.6) is 0 Å². The molecule has 1 saturated heterocycles. The maximum Gasteiger partial charge on any atom is 0.138 e. The third-order valence-electron chi connectivity index (χ3n) is 7.86. The monoisotopic (exact) mass is 362 g/mol. The lowest BCUT2D eigenvalue weighted by atomic mass is 9.56. The first-order chi connectivity index (χ1) is 12.4. The average Bonchev–Trinajstić information content (AvgIpc) is 2.63. The summed E-state index contributed by atoms with van der Waals surface area (Å²) in [5.41, 5.74) is 0.604. The van der Waals surface area contributed by atoms with Gasteiger partial charge in [0.15, 0.2) is 0 Å². The minimum Gasteiger partial charge on any atom is -0.303 e. The van der Waals surface area contributed by atoms with Crippen molar-refractivity contribution in [1.82, 2.24) is 9.80 Å². The van der Waals surface area contributed by atoms with Gasteiger partial charge in [0.2, 0.25) is 0 Å². The molecule has 3 fully saturated rings. The molecule has 1 heterocycles. The Balaban J connectivity index is 1.38. The Bertz CT molecular complexity index is 451. The highest BCUT2D eigenvalue weighted by atomic mass is 16.1. The van der Waals surface area contributed by atoms with Gasteiger partial charge in [0.1, 0.15) is 5.78 Å². The van der Waals surface area contributed by atoms with E-state index in [-0.39, 0.29) is 5.92 Å². The number of likely N-dealkylation sites (tertiary alicyclic amines) is 1. The topological polar surface area (TPSA) is 23.6 Å². The van der Waals surface area contributed by atoms with Gasteiger partial charge in [-0.1, -0.05) is 27.2 Å². The van der Waals surface area contributed by atoms with Crippen LogP contribution in [0.3, 0.4) is 0 Å². The van der Waals surface area contributed by atoms with Crippen molar-refractivity contribution in [3.63, 3.8) is 0 Å². The zero-order valence-corrected chi connectivity index (χ0v) is 17.8. The Morgan fingerprint density at radius 1 is 1.12 bits per heavy atom. The van der Waals surface area contributed by atoms with Crippen LogP contribution in [0.2, 0.25) is 0 Å². The van der Waals surface area contributed by atoms with Gasteiger partial charge < -0.3 is 9.80 Å². The van der Waals surface area contributed by atoms with Crippen molar-refractivity contribution in [2.24, 2.45) is 17.3 Å². The third-order valence-corrected chi connectivity index (χ3v) is 7.86. The smallest absolute Gasteiger partial charge is 0.138 e. The van der Waals surface area contributed by atoms with Crippen LogP contribution in [0.15, 0.2) is 0 Å². The second-order valence-corrected chi connectivity index (χ2v) is 9.99. The number of carbonyl (C=O) groups excluding carboxylic acids is 1. The SMILES string of the molecule is CCCCN(C)C1CCN(C2CC3(CCC(C(=O)C(C)C)CC3)C2)CC1. The van der Waals surface area contributed by atoms with Crippen LogP contribution < -0.4 is 0 Å². The zero-order valence-electron chi connectivity index (χ0n) is 17.8. The van der Waals surface area contributed by atoms with E-state index in [1.165, 1.54) is 71.0 Å². The number of piperidine rings is 1. The molecule has 0 amide bonds. The molecule has 0 aromatic heterocycles. The molecule has 26 heavy (non-hydrogen) atoms. The minimum atomic E-state index is 0.222. The van der Waals surface area contributed by atoms with Gasteiger partial charge in [0.25, 0.3) is 0 Å². The van der Waals surface area contributed by atoms with E-state index >= 15 is 0 Å². The predicted molar refractivity (Wildman–Crippen MR) is 109 cm³/mol. The molecule has 1 aliphatic heterocycles. The summed E-state index contributed by atoms with van der Waals surface area (Å²) < 4.78 is 0. The summed E-state index contributed by atoms with van der Waals surface area (Å²) in [4.78, 5) is 17.7. The van der Waals surface area contributed by atoms with Gasteiger partial charge in [-0.15, -0.1) is 0 Å². The zero-order chi connectivity index (χ0) is 18.7. The molecule has 0 radical (unpaired) electrons. The number of nitrogens with zero attached hydrogens (tertiary/aromatic N) is 2. The van der Waals surface area contributed by atoms with E-state index in [2.05, 4.69) is 37.6 Å². The number of rotatable bonds is 7. The van der Waals surface area contributed by atoms with Crippen LogP contribution in [-0.2, 0) is 4.79 Å². The van der Waals surface area contributed by atoms with Crippen LogP contribution in [0.25, 0.3) is 0 Å². The molecule has 0 unspecified atom stereocenters. The van der Waals surface area contributed by atoms with Gasteiger partial charge in [-0.2, -0.15) is 0 Å². The first-order valence-corrected chi connectivity index (χ1v) is 11.4. The first-order valence-electron chi connectivity index (χ1n) is 11.4. The Morgan fingerprint density at radius 3 is 2.27 bits per heavy atom. The number of Topliss-reactive ketones (excluding diaryl/α,β-unsaturated/α-hetero) is 1. The summed E-state index contributed by atoms with van der Waals surface area (Å²) in [5.74, 6) is 1.11. The highest BCUT2D eigenvalue weighted by molar-refractivity contribution is 5.82. The molecule has 2 aliphatic carbocycles. The van der Waals surface area contributed by atoms with Gasteiger partial charge >= 0.3 is 0 Å². The molecule has 150 valence electrons. The van der Waals surface area contributed by atoms with Gasteiger partial charge in [-0.25, -0.2) is 0 Å². The lowest BCUT2D eigenvalue weighted by molar-refractivity contribution is -0.129. The number of hydrogen-bond acceptors (Lipinski definition) is 3. The molecular formula is C23H42N2O. The lowest BCUT2D eigenvalue weighted by Crippen LogP contribution is -2.55. The average molecular weight is 363 g/mol. The van der Waals surface area contributed by atoms with Crippen molar-refractivity contribution in [1.29, 1.82) is 0 Å². The number of carbonyl (C=O) groups is 1. The van der Waals surface area contributed by atoms with Crippen LogP contribution in [0, 0.1) is 17.3 Å². The Hall–Kier alpha value is -0.410. The Morgan fingerprint density at radius 2 is 1.73 bits per heavy atom. The first kappa shape index (κ1) is 20.3. The number of hydrogen-bond donors (Lipinski definition) is 0. The summed E-state index contributed by atoms with van der Waals surface area (Å²) >= 11 is 0. The maximum absolute atomic E-state index is 12.3. The summed E-state index contributed by atoms with van der Waals surface area (Å²) in [7, 11) is 2.32. The predicted octanol–water partition coefficient (Wildman–Crippen LogP) is 4.75. The normalized spacial score (nSPS) is 33.8. The highest BCUT2D eigenvalue weighted by Crippen LogP contribution is 2.54. The molecule has 3 aliphatic rings. The van der Waals surface area contributed by atoms with Crippen LogP contribution >= 0.6 is 0 Å². The fraction of sp³-hybridized carbons (Fsp3) is 0.957. The van der Waals surface area contributed by atoms with Crippen molar-refractivity contribution in [3.8, 4) is 0 Å². The second kappa shape index (κ2) is 8.73. The van der Waals surface area contributed by atoms with Crippen molar-refractivity contribution in [2.45, 2.75) is 97.1 Å². The number of ketones is 1. The molecule has 1 spiro atoms. The van der Waals surface area contributed by atoms with Gasteiger partial charge in [0, 0.05) is 23.9 Å². The molecule has 0 bridgehead atoms. The molecular weight excluding hydrogens is 320 g/mol. The Kier molecular flexibility index (Phi) is 6.83. The van der Waals surface area contributed by atoms with Crippen molar-refractivity contribution in [2.75, 3.05) is 26.7 Å². The van der Waals surface area contributed by atoms with Crippen molar-refractivity contribution in [3.05, 3.63) is 0 Å². The molecule has 2 saturated carbocycles. The fourth-order valence-corrected chi connectivity index (χ4v) is 5.87. The summed E-state index contributed by atoms with van der Waals surface area (Å²) in [6, 6.07) is 1.65. The van der Waals surface area contributed by atoms with Crippen LogP contribution in [-0.4, -0.2) is 54.3 Å². The Labute approximate surface area is 161 Å². The lowest BCUT2D eigenvalue weighted by Gasteiger charge is -2.56. The van der Waals surface area contributed by atoms with Crippen LogP contribution in [0.1, 0.15) is 85.0 Å². The molecule has 0 aromatic carbocycles.